The Morgan fingerprint density at radius 3 is 2.59 bits per heavy atom. The molecule has 5 aromatic rings. The number of aromatic nitrogens is 3. The van der Waals surface area contributed by atoms with Crippen LogP contribution in [0.3, 0.4) is 0 Å². The van der Waals surface area contributed by atoms with Crippen LogP contribution in [0.25, 0.3) is 38.8 Å². The number of rotatable bonds is 3. The number of nitrogens with zero attached hydrogens (tertiary/aromatic N) is 4. The van der Waals surface area contributed by atoms with Gasteiger partial charge in [0.2, 0.25) is 0 Å². The van der Waals surface area contributed by atoms with Gasteiger partial charge in [0.15, 0.2) is 0 Å². The van der Waals surface area contributed by atoms with Crippen LogP contribution in [0.2, 0.25) is 0 Å². The lowest BCUT2D eigenvalue weighted by atomic mass is 10.0. The van der Waals surface area contributed by atoms with Gasteiger partial charge in [-0.2, -0.15) is 0 Å². The number of amides is 1. The minimum atomic E-state index is 0.0561. The van der Waals surface area contributed by atoms with Crippen molar-refractivity contribution in [3.8, 4) is 22.4 Å². The summed E-state index contributed by atoms with van der Waals surface area (Å²) in [6.07, 6.45) is 9.65. The molecule has 0 bridgehead atoms. The highest BCUT2D eigenvalue weighted by atomic mass is 16.2. The van der Waals surface area contributed by atoms with Crippen LogP contribution < -0.4 is 5.73 Å². The second kappa shape index (κ2) is 8.39. The number of pyridine rings is 2. The van der Waals surface area contributed by atoms with Crippen LogP contribution in [-0.2, 0) is 0 Å². The number of fused-ring (bicyclic) bond motifs is 2. The average Bonchev–Trinajstić information content (AvgIpc) is 3.31. The van der Waals surface area contributed by atoms with E-state index in [4.69, 9.17) is 5.73 Å². The van der Waals surface area contributed by atoms with Crippen LogP contribution >= 0.6 is 0 Å². The minimum absolute atomic E-state index is 0.0561. The minimum Gasteiger partial charge on any atom is -0.337 e. The molecular formula is C28H25N5O. The number of carbonyl (C=O) groups excluding carboxylic acids is 1. The number of hydrogen-bond acceptors (Lipinski definition) is 4. The molecule has 1 atom stereocenters. The topological polar surface area (TPSA) is 76.5 Å². The predicted molar refractivity (Wildman–Crippen MR) is 134 cm³/mol. The van der Waals surface area contributed by atoms with Crippen LogP contribution in [0.15, 0.2) is 85.5 Å². The van der Waals surface area contributed by atoms with Gasteiger partial charge in [-0.1, -0.05) is 24.3 Å². The van der Waals surface area contributed by atoms with Gasteiger partial charge in [-0.15, -0.1) is 0 Å². The highest BCUT2D eigenvalue weighted by molar-refractivity contribution is 5.95. The highest BCUT2D eigenvalue weighted by Crippen LogP contribution is 2.28. The molecule has 0 saturated carbocycles. The number of carbonyl (C=O) groups is 1. The van der Waals surface area contributed by atoms with Crippen molar-refractivity contribution in [2.45, 2.75) is 18.9 Å². The largest absolute Gasteiger partial charge is 0.337 e. The Labute approximate surface area is 197 Å². The molecule has 6 heteroatoms. The lowest BCUT2D eigenvalue weighted by Gasteiger charge is -2.30. The monoisotopic (exact) mass is 447 g/mol. The van der Waals surface area contributed by atoms with Crippen molar-refractivity contribution in [3.63, 3.8) is 0 Å². The molecular weight excluding hydrogens is 422 g/mol. The van der Waals surface area contributed by atoms with E-state index in [0.717, 1.165) is 58.2 Å². The SMILES string of the molecule is N[C@@H]1CCCN(C(=O)c2ccc(-c3ccc4ncc(-c5ccc6cnccc6c5)n4c3)cc2)C1. The van der Waals surface area contributed by atoms with Crippen molar-refractivity contribution in [2.75, 3.05) is 13.1 Å². The molecule has 3 aromatic heterocycles. The zero-order chi connectivity index (χ0) is 23.1. The van der Waals surface area contributed by atoms with Gasteiger partial charge in [0, 0.05) is 54.2 Å². The molecule has 6 rings (SSSR count). The second-order valence-electron chi connectivity index (χ2n) is 8.96. The smallest absolute Gasteiger partial charge is 0.253 e. The number of benzene rings is 2. The fourth-order valence-electron chi connectivity index (χ4n) is 4.79. The first-order valence-corrected chi connectivity index (χ1v) is 11.6. The van der Waals surface area contributed by atoms with Crippen molar-refractivity contribution >= 4 is 22.3 Å². The number of imidazole rings is 1. The van der Waals surface area contributed by atoms with Gasteiger partial charge in [0.1, 0.15) is 5.65 Å². The van der Waals surface area contributed by atoms with Crippen molar-refractivity contribution in [2.24, 2.45) is 5.73 Å². The molecule has 34 heavy (non-hydrogen) atoms. The van der Waals surface area contributed by atoms with Crippen molar-refractivity contribution in [3.05, 3.63) is 91.0 Å². The normalized spacial score (nSPS) is 16.3. The van der Waals surface area contributed by atoms with Gasteiger partial charge in [-0.25, -0.2) is 4.98 Å². The van der Waals surface area contributed by atoms with Crippen molar-refractivity contribution < 1.29 is 4.79 Å². The van der Waals surface area contributed by atoms with E-state index in [1.165, 1.54) is 0 Å². The molecule has 1 aliphatic rings. The summed E-state index contributed by atoms with van der Waals surface area (Å²) < 4.78 is 2.12. The zero-order valence-corrected chi connectivity index (χ0v) is 18.8. The number of nitrogens with two attached hydrogens (primary N) is 1. The number of piperidine rings is 1. The quantitative estimate of drug-likeness (QED) is 0.432. The predicted octanol–water partition coefficient (Wildman–Crippen LogP) is 4.78. The van der Waals surface area contributed by atoms with Gasteiger partial charge >= 0.3 is 0 Å². The summed E-state index contributed by atoms with van der Waals surface area (Å²) in [5.74, 6) is 0.0561. The third-order valence-electron chi connectivity index (χ3n) is 6.65. The fraction of sp³-hybridized carbons (Fsp3) is 0.179. The zero-order valence-electron chi connectivity index (χ0n) is 18.8. The van der Waals surface area contributed by atoms with Crippen LogP contribution in [0.1, 0.15) is 23.2 Å². The molecule has 0 radical (unpaired) electrons. The van der Waals surface area contributed by atoms with Crippen LogP contribution in [-0.4, -0.2) is 44.3 Å². The van der Waals surface area contributed by atoms with E-state index in [0.29, 0.717) is 12.1 Å². The Morgan fingerprint density at radius 2 is 1.74 bits per heavy atom. The Bertz CT molecular complexity index is 1500. The second-order valence-corrected chi connectivity index (χ2v) is 8.96. The summed E-state index contributed by atoms with van der Waals surface area (Å²) in [6.45, 7) is 1.41. The maximum atomic E-state index is 12.9. The molecule has 2 aromatic carbocycles. The van der Waals surface area contributed by atoms with Crippen molar-refractivity contribution in [1.82, 2.24) is 19.3 Å². The molecule has 168 valence electrons. The standard InChI is InChI=1S/C28H25N5O/c29-25-2-1-13-32(18-25)28(34)20-5-3-19(4-6-20)24-9-10-27-31-16-26(33(27)17-24)22-7-8-23-15-30-12-11-21(23)14-22/h3-12,14-17,25H,1-2,13,18,29H2/t25-/m1/s1. The van der Waals surface area contributed by atoms with Crippen LogP contribution in [0.5, 0.6) is 0 Å². The molecule has 2 N–H and O–H groups in total. The van der Waals surface area contributed by atoms with E-state index in [1.54, 1.807) is 0 Å². The molecule has 1 aliphatic heterocycles. The van der Waals surface area contributed by atoms with Gasteiger partial charge in [0.05, 0.1) is 11.9 Å². The van der Waals surface area contributed by atoms with Crippen LogP contribution in [0.4, 0.5) is 0 Å². The van der Waals surface area contributed by atoms with Crippen molar-refractivity contribution in [1.29, 1.82) is 0 Å². The number of likely N-dealkylation sites (tertiary alicyclic amines) is 1. The van der Waals surface area contributed by atoms with Gasteiger partial charge in [0.25, 0.3) is 5.91 Å². The van der Waals surface area contributed by atoms with Gasteiger partial charge in [-0.05, 0) is 65.8 Å². The van der Waals surface area contributed by atoms with Gasteiger partial charge < -0.3 is 10.6 Å². The molecule has 0 unspecified atom stereocenters. The number of hydrogen-bond donors (Lipinski definition) is 1. The summed E-state index contributed by atoms with van der Waals surface area (Å²) >= 11 is 0. The first kappa shape index (κ1) is 20.6. The molecule has 4 heterocycles. The summed E-state index contributed by atoms with van der Waals surface area (Å²) in [6, 6.07) is 20.4. The fourth-order valence-corrected chi connectivity index (χ4v) is 4.79. The Kier molecular flexibility index (Phi) is 5.08. The first-order valence-electron chi connectivity index (χ1n) is 11.6. The summed E-state index contributed by atoms with van der Waals surface area (Å²) in [5, 5.41) is 2.26. The first-order chi connectivity index (χ1) is 16.7. The molecule has 6 nitrogen and oxygen atoms in total. The van der Waals surface area contributed by atoms with Crippen LogP contribution in [0, 0.1) is 0 Å². The highest BCUT2D eigenvalue weighted by Gasteiger charge is 2.22. The van der Waals surface area contributed by atoms with E-state index < -0.39 is 0 Å². The lowest BCUT2D eigenvalue weighted by Crippen LogP contribution is -2.45. The molecule has 0 spiro atoms. The van der Waals surface area contributed by atoms with E-state index in [9.17, 15) is 4.79 Å². The van der Waals surface area contributed by atoms with E-state index in [1.807, 2.05) is 59.9 Å². The van der Waals surface area contributed by atoms with E-state index in [2.05, 4.69) is 44.8 Å². The lowest BCUT2D eigenvalue weighted by molar-refractivity contribution is 0.0709. The Balaban J connectivity index is 1.32. The maximum Gasteiger partial charge on any atom is 0.253 e. The third kappa shape index (κ3) is 3.72. The molecule has 1 fully saturated rings. The van der Waals surface area contributed by atoms with E-state index >= 15 is 0 Å². The molecule has 0 aliphatic carbocycles. The Hall–Kier alpha value is -4.03. The van der Waals surface area contributed by atoms with E-state index in [-0.39, 0.29) is 11.9 Å². The summed E-state index contributed by atoms with van der Waals surface area (Å²) in [5.41, 5.74) is 11.9. The summed E-state index contributed by atoms with van der Waals surface area (Å²) in [4.78, 5) is 23.5. The average molecular weight is 448 g/mol. The maximum absolute atomic E-state index is 12.9. The third-order valence-corrected chi connectivity index (χ3v) is 6.65. The Morgan fingerprint density at radius 1 is 0.912 bits per heavy atom. The molecule has 1 saturated heterocycles. The molecule has 1 amide bonds. The van der Waals surface area contributed by atoms with Gasteiger partial charge in [-0.3, -0.25) is 14.2 Å². The summed E-state index contributed by atoms with van der Waals surface area (Å²) in [7, 11) is 0.